The molecule has 2 rings (SSSR count). The first kappa shape index (κ1) is 12.6. The first-order chi connectivity index (χ1) is 9.19. The summed E-state index contributed by atoms with van der Waals surface area (Å²) in [4.78, 5) is 11.3. The fraction of sp³-hybridized carbons (Fsp3) is 0.154. The average molecular weight is 257 g/mol. The zero-order chi connectivity index (χ0) is 13.8. The zero-order valence-corrected chi connectivity index (χ0v) is 10.4. The molecule has 6 nitrogen and oxygen atoms in total. The van der Waals surface area contributed by atoms with Crippen LogP contribution in [0.2, 0.25) is 0 Å². The summed E-state index contributed by atoms with van der Waals surface area (Å²) >= 11 is 0. The summed E-state index contributed by atoms with van der Waals surface area (Å²) in [5, 5.41) is 15.0. The highest BCUT2D eigenvalue weighted by atomic mass is 16.5. The van der Waals surface area contributed by atoms with Crippen molar-refractivity contribution < 1.29 is 9.47 Å². The van der Waals surface area contributed by atoms with E-state index in [2.05, 4.69) is 10.2 Å². The number of hydrogen-bond donors (Lipinski definition) is 1. The molecule has 19 heavy (non-hydrogen) atoms. The van der Waals surface area contributed by atoms with Gasteiger partial charge in [0.15, 0.2) is 11.5 Å². The highest BCUT2D eigenvalue weighted by Crippen LogP contribution is 2.31. The molecule has 0 bridgehead atoms. The van der Waals surface area contributed by atoms with Crippen LogP contribution in [0.1, 0.15) is 5.56 Å². The normalized spacial score (nSPS) is 9.74. The number of H-pyrrole nitrogens is 1. The van der Waals surface area contributed by atoms with E-state index in [9.17, 15) is 4.79 Å². The van der Waals surface area contributed by atoms with E-state index in [4.69, 9.17) is 14.7 Å². The summed E-state index contributed by atoms with van der Waals surface area (Å²) < 4.78 is 10.3. The Morgan fingerprint density at radius 2 is 1.95 bits per heavy atom. The number of nitrogens with zero attached hydrogens (tertiary/aromatic N) is 2. The van der Waals surface area contributed by atoms with E-state index < -0.39 is 5.56 Å². The minimum atomic E-state index is -0.508. The van der Waals surface area contributed by atoms with Gasteiger partial charge in [-0.25, -0.2) is 5.10 Å². The fourth-order valence-electron chi connectivity index (χ4n) is 1.63. The number of hydrogen-bond acceptors (Lipinski definition) is 5. The first-order valence-electron chi connectivity index (χ1n) is 5.42. The van der Waals surface area contributed by atoms with Crippen molar-refractivity contribution in [2.75, 3.05) is 14.2 Å². The lowest BCUT2D eigenvalue weighted by Gasteiger charge is -2.09. The van der Waals surface area contributed by atoms with Gasteiger partial charge in [-0.15, -0.1) is 0 Å². The molecule has 1 N–H and O–H groups in total. The summed E-state index contributed by atoms with van der Waals surface area (Å²) in [7, 11) is 3.08. The van der Waals surface area contributed by atoms with Crippen molar-refractivity contribution in [1.82, 2.24) is 10.2 Å². The molecule has 1 heterocycles. The van der Waals surface area contributed by atoms with Gasteiger partial charge in [0, 0.05) is 5.56 Å². The molecule has 0 fully saturated rings. The Labute approximate surface area is 109 Å². The van der Waals surface area contributed by atoms with Crippen LogP contribution < -0.4 is 15.0 Å². The number of aromatic amines is 1. The van der Waals surface area contributed by atoms with Crippen molar-refractivity contribution >= 4 is 0 Å². The molecule has 0 radical (unpaired) electrons. The number of aromatic nitrogens is 2. The van der Waals surface area contributed by atoms with Crippen LogP contribution in [0.5, 0.6) is 11.5 Å². The van der Waals surface area contributed by atoms with Crippen LogP contribution in [-0.4, -0.2) is 24.4 Å². The molecule has 0 aliphatic rings. The smallest absolute Gasteiger partial charge is 0.282 e. The minimum Gasteiger partial charge on any atom is -0.493 e. The lowest BCUT2D eigenvalue weighted by atomic mass is 10.1. The topological polar surface area (TPSA) is 88.0 Å². The zero-order valence-electron chi connectivity index (χ0n) is 10.4. The highest BCUT2D eigenvalue weighted by Gasteiger charge is 2.09. The molecule has 6 heteroatoms. The number of nitrogens with one attached hydrogen (secondary N) is 1. The lowest BCUT2D eigenvalue weighted by Crippen LogP contribution is -2.12. The highest BCUT2D eigenvalue weighted by molar-refractivity contribution is 5.64. The molecule has 2 aromatic rings. The maximum absolute atomic E-state index is 11.3. The number of benzene rings is 1. The Bertz CT molecular complexity index is 701. The van der Waals surface area contributed by atoms with E-state index in [0.717, 1.165) is 0 Å². The maximum Gasteiger partial charge on any atom is 0.282 e. The van der Waals surface area contributed by atoms with Crippen molar-refractivity contribution in [3.63, 3.8) is 0 Å². The van der Waals surface area contributed by atoms with Crippen LogP contribution in [0.4, 0.5) is 0 Å². The van der Waals surface area contributed by atoms with Gasteiger partial charge < -0.3 is 9.47 Å². The molecule has 0 amide bonds. The van der Waals surface area contributed by atoms with Gasteiger partial charge in [-0.3, -0.25) is 4.79 Å². The van der Waals surface area contributed by atoms with Crippen LogP contribution >= 0.6 is 0 Å². The number of methoxy groups -OCH3 is 2. The van der Waals surface area contributed by atoms with Crippen molar-refractivity contribution in [2.24, 2.45) is 0 Å². The Morgan fingerprint density at radius 3 is 2.58 bits per heavy atom. The van der Waals surface area contributed by atoms with Gasteiger partial charge in [0.1, 0.15) is 11.6 Å². The standard InChI is InChI=1S/C13H11N3O3/c1-18-11-4-3-8(6-12(11)19-2)10-5-9(7-14)13(17)16-15-10/h3-6H,1-2H3,(H,16,17). The first-order valence-corrected chi connectivity index (χ1v) is 5.42. The van der Waals surface area contributed by atoms with E-state index in [1.54, 1.807) is 25.3 Å². The van der Waals surface area contributed by atoms with Gasteiger partial charge in [-0.2, -0.15) is 10.4 Å². The third kappa shape index (κ3) is 2.40. The second kappa shape index (κ2) is 5.23. The molecule has 0 aliphatic carbocycles. The summed E-state index contributed by atoms with van der Waals surface area (Å²) in [5.74, 6) is 1.14. The predicted molar refractivity (Wildman–Crippen MR) is 68.1 cm³/mol. The Kier molecular flexibility index (Phi) is 3.48. The van der Waals surface area contributed by atoms with Crippen LogP contribution in [0.25, 0.3) is 11.3 Å². The molecule has 0 unspecified atom stereocenters. The van der Waals surface area contributed by atoms with Crippen molar-refractivity contribution in [3.05, 3.63) is 40.2 Å². The third-order valence-electron chi connectivity index (χ3n) is 2.60. The minimum absolute atomic E-state index is 0.0137. The monoisotopic (exact) mass is 257 g/mol. The van der Waals surface area contributed by atoms with E-state index in [0.29, 0.717) is 22.8 Å². The quantitative estimate of drug-likeness (QED) is 0.896. The van der Waals surface area contributed by atoms with Gasteiger partial charge in [-0.1, -0.05) is 0 Å². The van der Waals surface area contributed by atoms with Crippen LogP contribution in [-0.2, 0) is 0 Å². The number of nitriles is 1. The Balaban J connectivity index is 2.54. The number of rotatable bonds is 3. The van der Waals surface area contributed by atoms with Gasteiger partial charge in [0.05, 0.1) is 19.9 Å². The van der Waals surface area contributed by atoms with Crippen molar-refractivity contribution in [1.29, 1.82) is 5.26 Å². The molecule has 96 valence electrons. The number of ether oxygens (including phenoxy) is 2. The molecular weight excluding hydrogens is 246 g/mol. The summed E-state index contributed by atoms with van der Waals surface area (Å²) in [6, 6.07) is 8.47. The van der Waals surface area contributed by atoms with Gasteiger partial charge in [0.25, 0.3) is 5.56 Å². The molecule has 0 aliphatic heterocycles. The Hall–Kier alpha value is -2.81. The largest absolute Gasteiger partial charge is 0.493 e. The maximum atomic E-state index is 11.3. The summed E-state index contributed by atoms with van der Waals surface area (Å²) in [5.41, 5.74) is 0.703. The van der Waals surface area contributed by atoms with E-state index >= 15 is 0 Å². The third-order valence-corrected chi connectivity index (χ3v) is 2.60. The van der Waals surface area contributed by atoms with Crippen molar-refractivity contribution in [3.8, 4) is 28.8 Å². The lowest BCUT2D eigenvalue weighted by molar-refractivity contribution is 0.355. The molecule has 1 aromatic carbocycles. The SMILES string of the molecule is COc1ccc(-c2cc(C#N)c(=O)[nH]n2)cc1OC. The van der Waals surface area contributed by atoms with Gasteiger partial charge in [-0.05, 0) is 24.3 Å². The molecule has 0 atom stereocenters. The van der Waals surface area contributed by atoms with Crippen LogP contribution in [0, 0.1) is 11.3 Å². The molecular formula is C13H11N3O3. The molecule has 0 saturated heterocycles. The van der Waals surface area contributed by atoms with E-state index in [-0.39, 0.29) is 5.56 Å². The van der Waals surface area contributed by atoms with Gasteiger partial charge in [0.2, 0.25) is 0 Å². The molecule has 0 spiro atoms. The van der Waals surface area contributed by atoms with E-state index in [1.165, 1.54) is 13.2 Å². The predicted octanol–water partition coefficient (Wildman–Crippen LogP) is 1.33. The molecule has 0 saturated carbocycles. The second-order valence-corrected chi connectivity index (χ2v) is 3.68. The van der Waals surface area contributed by atoms with Crippen LogP contribution in [0.15, 0.2) is 29.1 Å². The van der Waals surface area contributed by atoms with Gasteiger partial charge >= 0.3 is 0 Å². The molecule has 1 aromatic heterocycles. The van der Waals surface area contributed by atoms with E-state index in [1.807, 2.05) is 6.07 Å². The average Bonchev–Trinajstić information content (AvgIpc) is 2.47. The summed E-state index contributed by atoms with van der Waals surface area (Å²) in [6.45, 7) is 0. The Morgan fingerprint density at radius 1 is 1.21 bits per heavy atom. The van der Waals surface area contributed by atoms with Crippen LogP contribution in [0.3, 0.4) is 0 Å². The summed E-state index contributed by atoms with van der Waals surface area (Å²) in [6.07, 6.45) is 0. The fourth-order valence-corrected chi connectivity index (χ4v) is 1.63. The second-order valence-electron chi connectivity index (χ2n) is 3.68. The van der Waals surface area contributed by atoms with Crippen molar-refractivity contribution in [2.45, 2.75) is 0 Å².